The van der Waals surface area contributed by atoms with E-state index in [4.69, 9.17) is 48.2 Å². The number of aliphatic hydroxyl groups is 4. The van der Waals surface area contributed by atoms with Crippen molar-refractivity contribution in [1.29, 1.82) is 0 Å². The van der Waals surface area contributed by atoms with Crippen LogP contribution < -0.4 is 10.6 Å². The molecule has 0 saturated carbocycles. The van der Waals surface area contributed by atoms with E-state index in [1.54, 1.807) is 0 Å². The summed E-state index contributed by atoms with van der Waals surface area (Å²) in [6.45, 7) is 11.8. The van der Waals surface area contributed by atoms with E-state index in [9.17, 15) is 53.8 Å². The number of carbonyl (C=O) groups excluding carboxylic acids is 6. The normalized spacial score (nSPS) is 19.9. The van der Waals surface area contributed by atoms with Crippen molar-refractivity contribution in [2.45, 2.75) is 564 Å². The second kappa shape index (κ2) is 82.5. The zero-order valence-electron chi connectivity index (χ0n) is 77.0. The predicted molar refractivity (Wildman–Crippen MR) is 478 cm³/mol. The second-order valence-corrected chi connectivity index (χ2v) is 35.4. The number of esters is 4. The summed E-state index contributed by atoms with van der Waals surface area (Å²) in [5.74, 6) is -3.40. The topological polar surface area (TPSA) is 339 Å². The van der Waals surface area contributed by atoms with Gasteiger partial charge in [0.2, 0.25) is 11.8 Å². The maximum absolute atomic E-state index is 14.9. The van der Waals surface area contributed by atoms with E-state index in [0.29, 0.717) is 51.4 Å². The Balaban J connectivity index is 0.0000357. The molecule has 2 rings (SSSR count). The molecular weight excluding hydrogens is 1550 g/mol. The van der Waals surface area contributed by atoms with Crippen molar-refractivity contribution in [3.8, 4) is 0 Å². The van der Waals surface area contributed by atoms with Crippen LogP contribution in [0.2, 0.25) is 0 Å². The van der Waals surface area contributed by atoms with Gasteiger partial charge in [-0.05, 0) is 57.8 Å². The molecule has 0 aromatic carbocycles. The average molecular weight is 1730 g/mol. The highest BCUT2D eigenvalue weighted by Crippen LogP contribution is 2.33. The summed E-state index contributed by atoms with van der Waals surface area (Å²) in [7, 11) is -0.893. The Bertz CT molecular complexity index is 2400. The third-order valence-corrected chi connectivity index (χ3v) is 24.3. The van der Waals surface area contributed by atoms with Gasteiger partial charge in [0.1, 0.15) is 60.9 Å². The lowest BCUT2D eigenvalue weighted by Gasteiger charge is -2.45. The zero-order chi connectivity index (χ0) is 88.0. The Hall–Kier alpha value is -3.48. The molecule has 24 heteroatoms. The molecule has 0 bridgehead atoms. The van der Waals surface area contributed by atoms with Gasteiger partial charge in [0.25, 0.3) is 0 Å². The fourth-order valence-corrected chi connectivity index (χ4v) is 16.9. The van der Waals surface area contributed by atoms with Crippen LogP contribution in [-0.4, -0.2) is 159 Å². The molecule has 2 amide bonds. The summed E-state index contributed by atoms with van der Waals surface area (Å²) < 4.78 is 61.8. The molecule has 10 unspecified atom stereocenters. The minimum atomic E-state index is -1.91. The van der Waals surface area contributed by atoms with Crippen molar-refractivity contribution in [3.63, 3.8) is 0 Å². The van der Waals surface area contributed by atoms with E-state index in [0.717, 1.165) is 154 Å². The summed E-state index contributed by atoms with van der Waals surface area (Å²) in [5.41, 5.74) is 0. The van der Waals surface area contributed by atoms with Crippen molar-refractivity contribution >= 4 is 44.4 Å². The SMILES string of the molecule is CCCCCCCCCCCCCCCC(=O)O[C@H](CCCCCCCCCCC)CC(=O)NC1C(O)OC(COC2OC(CO)C(OP=O)C(OC(=O)C[C@@H](CCCCCCCCCCC)OC(=O)CCCCCCCCCCCCC)C2NC(=O)C[C@@H](CCCCCCCCCCC)OC(=O)CCCCCCCCCCC)C(O)C1O.OO. The zero-order valence-corrected chi connectivity index (χ0v) is 77.9. The van der Waals surface area contributed by atoms with Crippen LogP contribution in [0.5, 0.6) is 0 Å². The molecule has 8 N–H and O–H groups in total. The van der Waals surface area contributed by atoms with Gasteiger partial charge in [-0.25, -0.2) is 4.57 Å². The van der Waals surface area contributed by atoms with Gasteiger partial charge in [0.15, 0.2) is 18.7 Å². The molecule has 2 fully saturated rings. The molecule has 0 radical (unpaired) electrons. The molecule has 2 aliphatic heterocycles. The summed E-state index contributed by atoms with van der Waals surface area (Å²) in [4.78, 5) is 84.7. The summed E-state index contributed by atoms with van der Waals surface area (Å²) >= 11 is 0. The lowest BCUT2D eigenvalue weighted by molar-refractivity contribution is -0.296. The van der Waals surface area contributed by atoms with Crippen LogP contribution >= 0.6 is 8.69 Å². The number of hydrogen-bond acceptors (Lipinski definition) is 21. The number of carbonyl (C=O) groups is 6. The number of rotatable bonds is 84. The number of unbranched alkanes of at least 4 members (excludes halogenated alkanes) is 54. The number of hydrogen-bond donors (Lipinski definition) is 8. The van der Waals surface area contributed by atoms with Gasteiger partial charge in [-0.2, -0.15) is 0 Å². The molecule has 0 aliphatic carbocycles. The van der Waals surface area contributed by atoms with E-state index in [2.05, 4.69) is 52.2 Å². The van der Waals surface area contributed by atoms with Crippen LogP contribution in [0, 0.1) is 0 Å². The highest BCUT2D eigenvalue weighted by molar-refractivity contribution is 7.17. The summed E-state index contributed by atoms with van der Waals surface area (Å²) in [5, 5.41) is 63.9. The van der Waals surface area contributed by atoms with E-state index >= 15 is 0 Å². The third kappa shape index (κ3) is 61.8. The molecule has 120 heavy (non-hydrogen) atoms. The van der Waals surface area contributed by atoms with Crippen molar-refractivity contribution < 1.29 is 102 Å². The lowest BCUT2D eigenvalue weighted by atomic mass is 9.95. The van der Waals surface area contributed by atoms with Crippen LogP contribution in [0.15, 0.2) is 0 Å². The van der Waals surface area contributed by atoms with E-state index < -0.39 is 138 Å². The first-order valence-electron chi connectivity index (χ1n) is 49.7. The molecule has 706 valence electrons. The van der Waals surface area contributed by atoms with Crippen LogP contribution in [-0.2, 0) is 71.0 Å². The van der Waals surface area contributed by atoms with Crippen LogP contribution in [0.1, 0.15) is 485 Å². The monoisotopic (exact) mass is 1730 g/mol. The van der Waals surface area contributed by atoms with Gasteiger partial charge in [0, 0.05) is 19.3 Å². The number of aliphatic hydroxyl groups excluding tert-OH is 4. The number of amides is 2. The molecule has 2 saturated heterocycles. The Morgan fingerprint density at radius 2 is 0.608 bits per heavy atom. The van der Waals surface area contributed by atoms with Gasteiger partial charge in [0.05, 0.1) is 32.5 Å². The first-order chi connectivity index (χ1) is 58.6. The highest BCUT2D eigenvalue weighted by atomic mass is 31.1. The molecule has 0 spiro atoms. The van der Waals surface area contributed by atoms with Crippen molar-refractivity contribution in [3.05, 3.63) is 0 Å². The molecule has 2 heterocycles. The van der Waals surface area contributed by atoms with Gasteiger partial charge >= 0.3 is 32.6 Å². The predicted octanol–water partition coefficient (Wildman–Crippen LogP) is 23.4. The average Bonchev–Trinajstić information content (AvgIpc) is 0.782. The minimum absolute atomic E-state index is 0.180. The smallest absolute Gasteiger partial charge is 0.327 e. The Morgan fingerprint density at radius 1 is 0.333 bits per heavy atom. The first kappa shape index (κ1) is 115. The van der Waals surface area contributed by atoms with Crippen molar-refractivity contribution in [1.82, 2.24) is 10.6 Å². The van der Waals surface area contributed by atoms with Crippen LogP contribution in [0.3, 0.4) is 0 Å². The molecule has 13 atom stereocenters. The number of nitrogens with one attached hydrogen (secondary N) is 2. The van der Waals surface area contributed by atoms with Crippen LogP contribution in [0.4, 0.5) is 0 Å². The quantitative estimate of drug-likeness (QED) is 0.00700. The fraction of sp³-hybridized carbons (Fsp3) is 0.938. The van der Waals surface area contributed by atoms with Gasteiger partial charge < -0.3 is 64.2 Å². The van der Waals surface area contributed by atoms with Crippen LogP contribution in [0.25, 0.3) is 0 Å². The van der Waals surface area contributed by atoms with Gasteiger partial charge in [-0.3, -0.25) is 43.8 Å². The molecule has 2 aliphatic rings. The van der Waals surface area contributed by atoms with Gasteiger partial charge in [-0.1, -0.05) is 388 Å². The minimum Gasteiger partial charge on any atom is -0.462 e. The Labute approximate surface area is 730 Å². The lowest BCUT2D eigenvalue weighted by Crippen LogP contribution is -2.67. The van der Waals surface area contributed by atoms with E-state index in [1.807, 2.05) is 0 Å². The van der Waals surface area contributed by atoms with Crippen molar-refractivity contribution in [2.75, 3.05) is 13.2 Å². The van der Waals surface area contributed by atoms with E-state index in [-0.39, 0.29) is 38.1 Å². The largest absolute Gasteiger partial charge is 0.462 e. The van der Waals surface area contributed by atoms with Gasteiger partial charge in [-0.15, -0.1) is 0 Å². The molecule has 0 aromatic heterocycles. The fourth-order valence-electron chi connectivity index (χ4n) is 16.6. The maximum Gasteiger partial charge on any atom is 0.327 e. The first-order valence-corrected chi connectivity index (χ1v) is 50.4. The second-order valence-electron chi connectivity index (χ2n) is 35.0. The highest BCUT2D eigenvalue weighted by Gasteiger charge is 2.52. The standard InChI is InChI=1S/C96H179N2O19P.H2O2/c1-7-13-19-25-31-37-39-40-42-48-54-59-65-70-85(102)111-78(67-61-55-49-43-33-27-21-15-9-3)73-83(100)97-89-92(107)91(106)82(114-95(89)108)77-110-96-90(98-84(101)74-79(68-62-56-50-44-34-28-22-16-10-4)112-86(103)71-64-58-52-46-36-30-24-18-12-6)94(93(117-118-109)81(76-99)115-96)116-88(105)75-80(69-63-57-51-45-35-29-23-17-11-5)113-87(104)72-66-60-53-47-41-38-32-26-20-14-8-2;1-2/h78-82,89-96,99,106-108H,7-77H2,1-6H3,(H,97,100)(H,98,101);1-2H/t78-,79-,80-,81?,82?,89?,90?,91?,92?,93?,94?,95?,96?;/m1./s1. The third-order valence-electron chi connectivity index (χ3n) is 24.0. The molecule has 0 aromatic rings. The molecule has 23 nitrogen and oxygen atoms in total. The summed E-state index contributed by atoms with van der Waals surface area (Å²) in [6.07, 6.45) is 50.7. The summed E-state index contributed by atoms with van der Waals surface area (Å²) in [6, 6.07) is -3.10. The Morgan fingerprint density at radius 3 is 0.900 bits per heavy atom. The maximum atomic E-state index is 14.9. The molecular formula is C96H181N2O21P. The number of ether oxygens (including phenoxy) is 7. The Kier molecular flexibility index (Phi) is 78.7. The van der Waals surface area contributed by atoms with E-state index in [1.165, 1.54) is 199 Å². The van der Waals surface area contributed by atoms with Crippen molar-refractivity contribution in [2.24, 2.45) is 0 Å².